The van der Waals surface area contributed by atoms with E-state index in [4.69, 9.17) is 10.5 Å². The number of amides is 1. The van der Waals surface area contributed by atoms with Crippen LogP contribution >= 0.6 is 22.6 Å². The number of carbonyl (C=O) groups is 1. The molecule has 3 nitrogen and oxygen atoms in total. The molecule has 0 bridgehead atoms. The lowest BCUT2D eigenvalue weighted by atomic mass is 9.85. The number of hydrogen-bond acceptors (Lipinski definition) is 2. The number of primary amides is 1. The third-order valence-electron chi connectivity index (χ3n) is 2.77. The zero-order valence-corrected chi connectivity index (χ0v) is 8.26. The minimum Gasteiger partial charge on any atom is -0.367 e. The van der Waals surface area contributed by atoms with Crippen LogP contribution in [0.5, 0.6) is 0 Å². The summed E-state index contributed by atoms with van der Waals surface area (Å²) in [6.45, 7) is 0.691. The Morgan fingerprint density at radius 3 is 2.55 bits per heavy atom. The highest BCUT2D eigenvalue weighted by Gasteiger charge is 2.66. The first-order valence-corrected chi connectivity index (χ1v) is 4.81. The number of fused-ring (bicyclic) bond motifs is 1. The molecule has 1 saturated carbocycles. The van der Waals surface area contributed by atoms with E-state index in [0.29, 0.717) is 6.61 Å². The van der Waals surface area contributed by atoms with E-state index in [1.165, 1.54) is 0 Å². The van der Waals surface area contributed by atoms with Gasteiger partial charge in [-0.15, -0.1) is 0 Å². The minimum atomic E-state index is -0.604. The highest BCUT2D eigenvalue weighted by Crippen LogP contribution is 2.55. The van der Waals surface area contributed by atoms with Gasteiger partial charge in [-0.05, 0) is 19.3 Å². The first-order valence-electron chi connectivity index (χ1n) is 3.74. The van der Waals surface area contributed by atoms with Gasteiger partial charge in [0.05, 0.1) is 10.0 Å². The monoisotopic (exact) mass is 267 g/mol. The van der Waals surface area contributed by atoms with Crippen LogP contribution in [0.3, 0.4) is 0 Å². The molecule has 2 atom stereocenters. The highest BCUT2D eigenvalue weighted by molar-refractivity contribution is 14.1. The van der Waals surface area contributed by atoms with Crippen molar-refractivity contribution in [3.05, 3.63) is 0 Å². The summed E-state index contributed by atoms with van der Waals surface area (Å²) in [7, 11) is 0. The first-order chi connectivity index (χ1) is 5.11. The number of ether oxygens (including phenoxy) is 1. The number of nitrogens with two attached hydrogens (primary N) is 1. The molecule has 0 radical (unpaired) electrons. The van der Waals surface area contributed by atoms with E-state index in [2.05, 4.69) is 22.6 Å². The Hall–Kier alpha value is 0.160. The lowest BCUT2D eigenvalue weighted by Gasteiger charge is -2.49. The van der Waals surface area contributed by atoms with E-state index in [1.807, 2.05) is 0 Å². The standard InChI is InChI=1S/C7H10INO2/c8-6-2-1-3-7(6,5(9)10)11-4-6/h1-4H2,(H2,9,10)/t6-,7-/m1/s1. The van der Waals surface area contributed by atoms with Crippen molar-refractivity contribution in [2.45, 2.75) is 28.3 Å². The van der Waals surface area contributed by atoms with Crippen molar-refractivity contribution in [1.29, 1.82) is 0 Å². The van der Waals surface area contributed by atoms with Gasteiger partial charge in [0.25, 0.3) is 5.91 Å². The second-order valence-electron chi connectivity index (χ2n) is 3.30. The molecule has 2 aliphatic rings. The molecular formula is C7H10INO2. The Kier molecular flexibility index (Phi) is 1.49. The third kappa shape index (κ3) is 0.744. The van der Waals surface area contributed by atoms with Crippen LogP contribution in [0, 0.1) is 0 Å². The average Bonchev–Trinajstić information content (AvgIpc) is 2.13. The number of carbonyl (C=O) groups excluding carboxylic acids is 1. The fourth-order valence-corrected chi connectivity index (χ4v) is 3.23. The Balaban J connectivity index is 2.32. The second-order valence-corrected chi connectivity index (χ2v) is 5.36. The Morgan fingerprint density at radius 1 is 1.55 bits per heavy atom. The van der Waals surface area contributed by atoms with Crippen LogP contribution in [0.4, 0.5) is 0 Å². The Morgan fingerprint density at radius 2 is 2.27 bits per heavy atom. The van der Waals surface area contributed by atoms with Crippen molar-refractivity contribution in [2.24, 2.45) is 5.73 Å². The van der Waals surface area contributed by atoms with Crippen LogP contribution < -0.4 is 5.73 Å². The molecule has 0 unspecified atom stereocenters. The molecule has 2 fully saturated rings. The van der Waals surface area contributed by atoms with Gasteiger partial charge in [0.15, 0.2) is 5.60 Å². The van der Waals surface area contributed by atoms with Gasteiger partial charge in [-0.3, -0.25) is 4.79 Å². The maximum Gasteiger partial charge on any atom is 0.251 e. The van der Waals surface area contributed by atoms with Gasteiger partial charge in [-0.1, -0.05) is 22.6 Å². The zero-order valence-electron chi connectivity index (χ0n) is 6.10. The van der Waals surface area contributed by atoms with Crippen LogP contribution in [0.1, 0.15) is 19.3 Å². The molecule has 62 valence electrons. The van der Waals surface area contributed by atoms with Crippen LogP contribution in [0.25, 0.3) is 0 Å². The van der Waals surface area contributed by atoms with Gasteiger partial charge in [0.2, 0.25) is 0 Å². The molecule has 0 aromatic carbocycles. The number of halogens is 1. The summed E-state index contributed by atoms with van der Waals surface area (Å²) in [5, 5.41) is 0. The molecule has 0 aromatic heterocycles. The quantitative estimate of drug-likeness (QED) is 0.558. The molecule has 0 spiro atoms. The third-order valence-corrected chi connectivity index (χ3v) is 4.49. The van der Waals surface area contributed by atoms with Crippen molar-refractivity contribution >= 4 is 28.5 Å². The lowest BCUT2D eigenvalue weighted by Crippen LogP contribution is -2.67. The molecule has 0 aromatic rings. The highest BCUT2D eigenvalue weighted by atomic mass is 127. The van der Waals surface area contributed by atoms with Gasteiger partial charge in [-0.25, -0.2) is 0 Å². The summed E-state index contributed by atoms with van der Waals surface area (Å²) >= 11 is 2.32. The smallest absolute Gasteiger partial charge is 0.251 e. The van der Waals surface area contributed by atoms with Gasteiger partial charge in [0.1, 0.15) is 0 Å². The molecule has 1 heterocycles. The summed E-state index contributed by atoms with van der Waals surface area (Å²) in [5.41, 5.74) is 4.69. The molecule has 4 heteroatoms. The molecule has 11 heavy (non-hydrogen) atoms. The predicted octanol–water partition coefficient (Wildman–Crippen LogP) is 0.598. The molecule has 2 N–H and O–H groups in total. The average molecular weight is 267 g/mol. The topological polar surface area (TPSA) is 52.3 Å². The van der Waals surface area contributed by atoms with E-state index < -0.39 is 5.60 Å². The van der Waals surface area contributed by atoms with E-state index in [0.717, 1.165) is 19.3 Å². The van der Waals surface area contributed by atoms with Crippen LogP contribution in [0.2, 0.25) is 0 Å². The van der Waals surface area contributed by atoms with E-state index in [-0.39, 0.29) is 9.33 Å². The fourth-order valence-electron chi connectivity index (χ4n) is 2.01. The van der Waals surface area contributed by atoms with Gasteiger partial charge in [-0.2, -0.15) is 0 Å². The van der Waals surface area contributed by atoms with E-state index in [9.17, 15) is 4.79 Å². The molecule has 1 aliphatic carbocycles. The maximum absolute atomic E-state index is 11.1. The van der Waals surface area contributed by atoms with Gasteiger partial charge < -0.3 is 10.5 Å². The van der Waals surface area contributed by atoms with Crippen LogP contribution in [-0.4, -0.2) is 21.5 Å². The first kappa shape index (κ1) is 7.79. The number of rotatable bonds is 1. The van der Waals surface area contributed by atoms with E-state index >= 15 is 0 Å². The van der Waals surface area contributed by atoms with Crippen LogP contribution in [0.15, 0.2) is 0 Å². The van der Waals surface area contributed by atoms with Crippen molar-refractivity contribution < 1.29 is 9.53 Å². The zero-order chi connectivity index (χ0) is 8.11. The minimum absolute atomic E-state index is 0.0244. The van der Waals surface area contributed by atoms with Crippen molar-refractivity contribution in [1.82, 2.24) is 0 Å². The Labute approximate surface area is 78.8 Å². The predicted molar refractivity (Wildman–Crippen MR) is 48.5 cm³/mol. The van der Waals surface area contributed by atoms with Crippen molar-refractivity contribution in [3.63, 3.8) is 0 Å². The summed E-state index contributed by atoms with van der Waals surface area (Å²) < 4.78 is 5.35. The lowest BCUT2D eigenvalue weighted by molar-refractivity contribution is -0.178. The summed E-state index contributed by atoms with van der Waals surface area (Å²) in [5.74, 6) is -0.282. The molecule has 1 saturated heterocycles. The van der Waals surface area contributed by atoms with Gasteiger partial charge in [0, 0.05) is 0 Å². The number of alkyl halides is 1. The molecule has 2 rings (SSSR count). The maximum atomic E-state index is 11.1. The largest absolute Gasteiger partial charge is 0.367 e. The molecule has 1 aliphatic heterocycles. The van der Waals surface area contributed by atoms with Crippen LogP contribution in [-0.2, 0) is 9.53 Å². The number of hydrogen-bond donors (Lipinski definition) is 1. The van der Waals surface area contributed by atoms with Crippen molar-refractivity contribution in [3.8, 4) is 0 Å². The molecular weight excluding hydrogens is 257 g/mol. The SMILES string of the molecule is NC(=O)[C@]12CCC[C@@]1(I)CO2. The summed E-state index contributed by atoms with van der Waals surface area (Å²) in [4.78, 5) is 11.1. The fraction of sp³-hybridized carbons (Fsp3) is 0.857. The summed E-state index contributed by atoms with van der Waals surface area (Å²) in [6.07, 6.45) is 2.94. The van der Waals surface area contributed by atoms with Gasteiger partial charge >= 0.3 is 0 Å². The second kappa shape index (κ2) is 2.10. The van der Waals surface area contributed by atoms with Crippen molar-refractivity contribution in [2.75, 3.05) is 6.61 Å². The van der Waals surface area contributed by atoms with E-state index in [1.54, 1.807) is 0 Å². The molecule has 1 amide bonds. The summed E-state index contributed by atoms with van der Waals surface area (Å²) in [6, 6.07) is 0. The normalized spacial score (nSPS) is 48.1. The Bertz CT molecular complexity index is 220.